The van der Waals surface area contributed by atoms with Crippen LogP contribution in [0, 0.1) is 0 Å². The molecule has 2 aliphatic heterocycles. The average Bonchev–Trinajstić information content (AvgIpc) is 3.30. The number of aromatic nitrogens is 1. The number of carbonyl (C=O) groups is 2. The molecule has 2 aliphatic rings. The van der Waals surface area contributed by atoms with Gasteiger partial charge in [0, 0.05) is 29.1 Å². The van der Waals surface area contributed by atoms with Crippen LogP contribution in [0.25, 0.3) is 0 Å². The van der Waals surface area contributed by atoms with Crippen LogP contribution in [0.3, 0.4) is 0 Å². The zero-order valence-electron chi connectivity index (χ0n) is 21.1. The molecule has 210 valence electrons. The molecule has 0 unspecified atom stereocenters. The summed E-state index contributed by atoms with van der Waals surface area (Å²) in [5.41, 5.74) is 1.37. The highest BCUT2D eigenvalue weighted by molar-refractivity contribution is 5.99. The quantitative estimate of drug-likeness (QED) is 0.341. The van der Waals surface area contributed by atoms with E-state index in [1.54, 1.807) is 30.5 Å². The molecule has 3 aromatic rings. The standard InChI is InChI=1S/C28H27F3N4O5/c29-28(30,31)16-4-6-17(7-5-16)34-27(38)35-18-8-9-23-21(11-18)22-12-20(39-24(15-36)26(22)40-23)13-25(37)33-14-19-3-1-2-10-32-19/h1-11,20,22,24,26,36H,12-15H2,(H,33,37)(H2,34,35,38)/t20-,22-,24+,26+/m0/s1. The maximum Gasteiger partial charge on any atom is 0.416 e. The number of hydrogen-bond acceptors (Lipinski definition) is 6. The van der Waals surface area contributed by atoms with E-state index in [2.05, 4.69) is 20.9 Å². The minimum absolute atomic E-state index is 0.0926. The van der Waals surface area contributed by atoms with Gasteiger partial charge in [-0.15, -0.1) is 0 Å². The molecule has 9 nitrogen and oxygen atoms in total. The third kappa shape index (κ3) is 6.35. The lowest BCUT2D eigenvalue weighted by molar-refractivity contribution is -0.142. The molecular weight excluding hydrogens is 529 g/mol. The molecule has 4 N–H and O–H groups in total. The van der Waals surface area contributed by atoms with Crippen molar-refractivity contribution in [1.82, 2.24) is 10.3 Å². The van der Waals surface area contributed by atoms with E-state index in [-0.39, 0.29) is 37.1 Å². The number of aliphatic hydroxyl groups is 1. The third-order valence-electron chi connectivity index (χ3n) is 6.83. The Balaban J connectivity index is 1.22. The lowest BCUT2D eigenvalue weighted by Gasteiger charge is -2.37. The molecular formula is C28H27F3N4O5. The number of rotatable bonds is 7. The van der Waals surface area contributed by atoms with E-state index in [1.165, 1.54) is 12.1 Å². The number of fused-ring (bicyclic) bond motifs is 3. The summed E-state index contributed by atoms with van der Waals surface area (Å²) in [5, 5.41) is 18.0. The molecule has 4 atom stereocenters. The maximum atomic E-state index is 12.8. The minimum Gasteiger partial charge on any atom is -0.487 e. The van der Waals surface area contributed by atoms with Crippen LogP contribution in [-0.2, 0) is 22.3 Å². The van der Waals surface area contributed by atoms with Crippen molar-refractivity contribution in [1.29, 1.82) is 0 Å². The molecule has 40 heavy (non-hydrogen) atoms. The van der Waals surface area contributed by atoms with Crippen LogP contribution in [0.15, 0.2) is 66.9 Å². The van der Waals surface area contributed by atoms with Gasteiger partial charge in [0.25, 0.3) is 0 Å². The van der Waals surface area contributed by atoms with Gasteiger partial charge in [0.2, 0.25) is 5.91 Å². The van der Waals surface area contributed by atoms with Gasteiger partial charge < -0.3 is 30.5 Å². The number of anilines is 2. The lowest BCUT2D eigenvalue weighted by Crippen LogP contribution is -2.47. The van der Waals surface area contributed by atoms with Crippen LogP contribution in [0.4, 0.5) is 29.3 Å². The van der Waals surface area contributed by atoms with Crippen LogP contribution in [0.2, 0.25) is 0 Å². The summed E-state index contributed by atoms with van der Waals surface area (Å²) in [6.45, 7) is -0.000756. The van der Waals surface area contributed by atoms with Gasteiger partial charge in [-0.3, -0.25) is 9.78 Å². The second-order valence-corrected chi connectivity index (χ2v) is 9.61. The lowest BCUT2D eigenvalue weighted by atomic mass is 9.84. The highest BCUT2D eigenvalue weighted by atomic mass is 19.4. The number of nitrogens with zero attached hydrogens (tertiary/aromatic N) is 1. The maximum absolute atomic E-state index is 12.8. The molecule has 2 aromatic carbocycles. The van der Waals surface area contributed by atoms with Gasteiger partial charge in [-0.2, -0.15) is 13.2 Å². The zero-order chi connectivity index (χ0) is 28.3. The summed E-state index contributed by atoms with van der Waals surface area (Å²) < 4.78 is 50.4. The first-order valence-electron chi connectivity index (χ1n) is 12.7. The highest BCUT2D eigenvalue weighted by Gasteiger charge is 2.46. The molecule has 0 saturated carbocycles. The van der Waals surface area contributed by atoms with E-state index in [9.17, 15) is 27.9 Å². The number of halogens is 3. The number of amides is 3. The topological polar surface area (TPSA) is 122 Å². The van der Waals surface area contributed by atoms with Gasteiger partial charge in [0.05, 0.1) is 36.9 Å². The Morgan fingerprint density at radius 1 is 1.02 bits per heavy atom. The van der Waals surface area contributed by atoms with Crippen LogP contribution in [0.5, 0.6) is 5.75 Å². The van der Waals surface area contributed by atoms with E-state index >= 15 is 0 Å². The van der Waals surface area contributed by atoms with Crippen molar-refractivity contribution in [3.63, 3.8) is 0 Å². The Hall–Kier alpha value is -4.16. The summed E-state index contributed by atoms with van der Waals surface area (Å²) in [6, 6.07) is 14.0. The predicted molar refractivity (Wildman–Crippen MR) is 139 cm³/mol. The second-order valence-electron chi connectivity index (χ2n) is 9.61. The van der Waals surface area contributed by atoms with Gasteiger partial charge in [-0.25, -0.2) is 4.79 Å². The molecule has 3 heterocycles. The number of urea groups is 1. The van der Waals surface area contributed by atoms with Gasteiger partial charge in [-0.05, 0) is 61.0 Å². The smallest absolute Gasteiger partial charge is 0.416 e. The van der Waals surface area contributed by atoms with Crippen molar-refractivity contribution < 1.29 is 37.3 Å². The molecule has 0 bridgehead atoms. The van der Waals surface area contributed by atoms with Gasteiger partial charge in [0.15, 0.2) is 0 Å². The van der Waals surface area contributed by atoms with Gasteiger partial charge in [-0.1, -0.05) is 6.07 Å². The number of aliphatic hydroxyl groups excluding tert-OH is 1. The molecule has 5 rings (SSSR count). The molecule has 3 amide bonds. The molecule has 0 radical (unpaired) electrons. The fraction of sp³-hybridized carbons (Fsp3) is 0.321. The number of pyridine rings is 1. The van der Waals surface area contributed by atoms with E-state index in [4.69, 9.17) is 9.47 Å². The van der Waals surface area contributed by atoms with Crippen molar-refractivity contribution in [3.8, 4) is 5.75 Å². The Morgan fingerprint density at radius 3 is 2.48 bits per heavy atom. The summed E-state index contributed by atoms with van der Waals surface area (Å²) >= 11 is 0. The molecule has 1 fully saturated rings. The van der Waals surface area contributed by atoms with Gasteiger partial charge >= 0.3 is 12.2 Å². The third-order valence-corrected chi connectivity index (χ3v) is 6.83. The van der Waals surface area contributed by atoms with E-state index in [0.29, 0.717) is 17.9 Å². The Labute approximate surface area is 227 Å². The first-order valence-corrected chi connectivity index (χ1v) is 12.7. The normalized spacial score (nSPS) is 21.5. The summed E-state index contributed by atoms with van der Waals surface area (Å²) in [5.74, 6) is 0.195. The molecule has 1 aromatic heterocycles. The van der Waals surface area contributed by atoms with Crippen LogP contribution < -0.4 is 20.7 Å². The predicted octanol–water partition coefficient (Wildman–Crippen LogP) is 4.45. The van der Waals surface area contributed by atoms with E-state index < -0.39 is 36.1 Å². The fourth-order valence-corrected chi connectivity index (χ4v) is 4.97. The average molecular weight is 557 g/mol. The minimum atomic E-state index is -4.47. The Kier molecular flexibility index (Phi) is 7.90. The summed E-state index contributed by atoms with van der Waals surface area (Å²) in [4.78, 5) is 29.3. The van der Waals surface area contributed by atoms with Crippen LogP contribution in [-0.4, -0.2) is 46.9 Å². The SMILES string of the molecule is O=C(C[C@@H]1C[C@H]2c3cc(NC(=O)Nc4ccc(C(F)(F)F)cc4)ccc3O[C@H]2[C@@H](CO)O1)NCc1ccccn1. The highest BCUT2D eigenvalue weighted by Crippen LogP contribution is 2.47. The van der Waals surface area contributed by atoms with E-state index in [1.807, 2.05) is 12.1 Å². The summed E-state index contributed by atoms with van der Waals surface area (Å²) in [7, 11) is 0. The monoisotopic (exact) mass is 556 g/mol. The Morgan fingerprint density at radius 2 is 1.77 bits per heavy atom. The van der Waals surface area contributed by atoms with Crippen molar-refractivity contribution in [3.05, 3.63) is 83.7 Å². The largest absolute Gasteiger partial charge is 0.487 e. The molecule has 0 aliphatic carbocycles. The van der Waals surface area contributed by atoms with Gasteiger partial charge in [0.1, 0.15) is 18.0 Å². The summed E-state index contributed by atoms with van der Waals surface area (Å²) in [6.07, 6.45) is -3.81. The number of ether oxygens (including phenoxy) is 2. The first-order chi connectivity index (χ1) is 19.2. The van der Waals surface area contributed by atoms with Crippen LogP contribution >= 0.6 is 0 Å². The molecule has 1 saturated heterocycles. The molecule has 12 heteroatoms. The number of nitrogens with one attached hydrogen (secondary N) is 3. The number of carbonyl (C=O) groups excluding carboxylic acids is 2. The van der Waals surface area contributed by atoms with Crippen molar-refractivity contribution in [2.75, 3.05) is 17.2 Å². The zero-order valence-corrected chi connectivity index (χ0v) is 21.1. The Bertz CT molecular complexity index is 1350. The first kappa shape index (κ1) is 27.4. The number of benzene rings is 2. The van der Waals surface area contributed by atoms with Crippen molar-refractivity contribution in [2.45, 2.75) is 49.8 Å². The number of hydrogen-bond donors (Lipinski definition) is 4. The van der Waals surface area contributed by atoms with Crippen molar-refractivity contribution >= 4 is 23.3 Å². The van der Waals surface area contributed by atoms with E-state index in [0.717, 1.165) is 23.4 Å². The number of alkyl halides is 3. The van der Waals surface area contributed by atoms with Crippen molar-refractivity contribution in [2.24, 2.45) is 0 Å². The fourth-order valence-electron chi connectivity index (χ4n) is 4.97. The second kappa shape index (κ2) is 11.5. The molecule has 0 spiro atoms. The van der Waals surface area contributed by atoms with Crippen LogP contribution in [0.1, 0.15) is 35.6 Å².